The monoisotopic (exact) mass is 588 g/mol. The molecule has 0 fully saturated rings. The lowest BCUT2D eigenvalue weighted by molar-refractivity contribution is 0.576. The van der Waals surface area contributed by atoms with E-state index in [4.69, 9.17) is 0 Å². The maximum absolute atomic E-state index is 15.5. The largest absolute Gasteiger partial charge is 0.206 e. The van der Waals surface area contributed by atoms with E-state index < -0.39 is 23.3 Å². The summed E-state index contributed by atoms with van der Waals surface area (Å²) < 4.78 is 63.9. The van der Waals surface area contributed by atoms with Crippen molar-refractivity contribution in [3.05, 3.63) is 153 Å². The zero-order valence-corrected chi connectivity index (χ0v) is 23.2. The molecule has 0 saturated carbocycles. The van der Waals surface area contributed by atoms with Crippen molar-refractivity contribution in [1.82, 2.24) is 0 Å². The van der Waals surface area contributed by atoms with E-state index in [0.717, 1.165) is 52.2 Å². The standard InChI is InChI=1S/C36H16F4S2/c37-23-9-5-10-24(38)33(23)29-19-15-22-20(16-21(19)35-31(29)17-7-1-3-13-27(17)41-35)30(34-25(39)11-6-12-26(34)40)32-18-8-2-4-14-28(18)42-36(22)32/h1-16H. The number of hydrogen-bond acceptors (Lipinski definition) is 2. The molecule has 0 amide bonds. The smallest absolute Gasteiger partial charge is 0.134 e. The lowest BCUT2D eigenvalue weighted by Crippen LogP contribution is -2.16. The third kappa shape index (κ3) is 3.06. The van der Waals surface area contributed by atoms with Gasteiger partial charge in [0.2, 0.25) is 0 Å². The van der Waals surface area contributed by atoms with Crippen molar-refractivity contribution in [1.29, 1.82) is 0 Å². The molecule has 2 aromatic heterocycles. The first kappa shape index (κ1) is 24.1. The fraction of sp³-hybridized carbons (Fsp3) is 0. The van der Waals surface area contributed by atoms with Crippen LogP contribution in [0.25, 0.3) is 52.2 Å². The van der Waals surface area contributed by atoms with Crippen molar-refractivity contribution >= 4 is 54.0 Å². The van der Waals surface area contributed by atoms with E-state index in [1.54, 1.807) is 22.7 Å². The van der Waals surface area contributed by atoms with Gasteiger partial charge in [-0.3, -0.25) is 0 Å². The van der Waals surface area contributed by atoms with E-state index in [2.05, 4.69) is 0 Å². The van der Waals surface area contributed by atoms with Crippen LogP contribution < -0.4 is 10.4 Å². The van der Waals surface area contributed by atoms with E-state index in [-0.39, 0.29) is 11.1 Å². The molecule has 42 heavy (non-hydrogen) atoms. The zero-order valence-electron chi connectivity index (χ0n) is 21.6. The van der Waals surface area contributed by atoms with Gasteiger partial charge in [0, 0.05) is 63.3 Å². The van der Waals surface area contributed by atoms with Crippen molar-refractivity contribution in [3.63, 3.8) is 0 Å². The van der Waals surface area contributed by atoms with E-state index >= 15 is 17.6 Å². The Hall–Kier alpha value is -4.52. The van der Waals surface area contributed by atoms with Crippen LogP contribution in [-0.4, -0.2) is 0 Å². The summed E-state index contributed by atoms with van der Waals surface area (Å²) in [5, 5.41) is 3.25. The zero-order chi connectivity index (χ0) is 28.3. The molecule has 0 spiro atoms. The molecule has 0 saturated heterocycles. The third-order valence-electron chi connectivity index (χ3n) is 8.30. The Balaban J connectivity index is 1.51. The Morgan fingerprint density at radius 3 is 1.19 bits per heavy atom. The Morgan fingerprint density at radius 1 is 0.405 bits per heavy atom. The van der Waals surface area contributed by atoms with Crippen LogP contribution in [-0.2, 0) is 0 Å². The number of halogens is 4. The number of benzene rings is 5. The Kier molecular flexibility index (Phi) is 4.88. The van der Waals surface area contributed by atoms with Crippen LogP contribution in [0.15, 0.2) is 97.1 Å². The second-order valence-electron chi connectivity index (χ2n) is 10.5. The maximum Gasteiger partial charge on any atom is 0.134 e. The lowest BCUT2D eigenvalue weighted by atomic mass is 9.96. The SMILES string of the molecule is Fc1cccc(F)c1C1=c2cc3c(cc2-c2sc4ccccc4c21)=C(c1c(F)cccc1F)c1c-3sc2ccccc12. The van der Waals surface area contributed by atoms with Gasteiger partial charge in [-0.05, 0) is 59.0 Å². The molecule has 9 rings (SSSR count). The maximum atomic E-state index is 15.5. The molecule has 200 valence electrons. The summed E-state index contributed by atoms with van der Waals surface area (Å²) in [6.07, 6.45) is 0. The highest BCUT2D eigenvalue weighted by molar-refractivity contribution is 7.23. The van der Waals surface area contributed by atoms with E-state index in [1.165, 1.54) is 36.4 Å². The molecule has 2 heterocycles. The molecule has 2 aliphatic carbocycles. The van der Waals surface area contributed by atoms with Crippen LogP contribution >= 0.6 is 22.7 Å². The quantitative estimate of drug-likeness (QED) is 0.177. The van der Waals surface area contributed by atoms with Crippen molar-refractivity contribution in [2.75, 3.05) is 0 Å². The normalized spacial score (nSPS) is 13.1. The van der Waals surface area contributed by atoms with Gasteiger partial charge in [0.15, 0.2) is 0 Å². The van der Waals surface area contributed by atoms with Gasteiger partial charge in [0.1, 0.15) is 23.3 Å². The summed E-state index contributed by atoms with van der Waals surface area (Å²) in [5.74, 6) is -2.55. The molecule has 0 aliphatic heterocycles. The summed E-state index contributed by atoms with van der Waals surface area (Å²) in [7, 11) is 0. The fourth-order valence-electron chi connectivity index (χ4n) is 6.62. The van der Waals surface area contributed by atoms with Gasteiger partial charge in [-0.25, -0.2) is 17.6 Å². The first-order chi connectivity index (χ1) is 20.5. The Morgan fingerprint density at radius 2 is 0.786 bits per heavy atom. The average molecular weight is 589 g/mol. The van der Waals surface area contributed by atoms with Crippen molar-refractivity contribution < 1.29 is 17.6 Å². The second kappa shape index (κ2) is 8.51. The van der Waals surface area contributed by atoms with E-state index in [0.29, 0.717) is 21.6 Å². The van der Waals surface area contributed by atoms with Crippen LogP contribution in [0.5, 0.6) is 0 Å². The minimum atomic E-state index is -0.636. The first-order valence-electron chi connectivity index (χ1n) is 13.4. The van der Waals surface area contributed by atoms with Crippen molar-refractivity contribution in [2.24, 2.45) is 0 Å². The number of thiophene rings is 2. The molecule has 0 unspecified atom stereocenters. The highest BCUT2D eigenvalue weighted by Crippen LogP contribution is 2.50. The van der Waals surface area contributed by atoms with Crippen molar-refractivity contribution in [3.8, 4) is 20.9 Å². The average Bonchev–Trinajstić information content (AvgIpc) is 3.70. The molecule has 0 nitrogen and oxygen atoms in total. The second-order valence-corrected chi connectivity index (χ2v) is 12.6. The van der Waals surface area contributed by atoms with Crippen LogP contribution in [0.4, 0.5) is 17.6 Å². The highest BCUT2D eigenvalue weighted by atomic mass is 32.1. The molecular weight excluding hydrogens is 573 g/mol. The van der Waals surface area contributed by atoms with Crippen LogP contribution in [0.3, 0.4) is 0 Å². The Bertz CT molecular complexity index is 2250. The fourth-order valence-corrected chi connectivity index (χ4v) is 9.10. The number of hydrogen-bond donors (Lipinski definition) is 0. The molecular formula is C36H16F4S2. The molecule has 2 aliphatic rings. The molecule has 0 bridgehead atoms. The number of fused-ring (bicyclic) bond motifs is 10. The topological polar surface area (TPSA) is 0 Å². The summed E-state index contributed by atoms with van der Waals surface area (Å²) in [6, 6.07) is 27.4. The van der Waals surface area contributed by atoms with Crippen LogP contribution in [0, 0.1) is 23.3 Å². The van der Waals surface area contributed by atoms with Gasteiger partial charge in [-0.2, -0.15) is 0 Å². The predicted octanol–water partition coefficient (Wildman–Crippen LogP) is 9.13. The van der Waals surface area contributed by atoms with Gasteiger partial charge in [0.25, 0.3) is 0 Å². The predicted molar refractivity (Wildman–Crippen MR) is 163 cm³/mol. The van der Waals surface area contributed by atoms with Crippen molar-refractivity contribution in [2.45, 2.75) is 0 Å². The van der Waals surface area contributed by atoms with Gasteiger partial charge in [-0.1, -0.05) is 48.5 Å². The molecule has 5 aromatic carbocycles. The third-order valence-corrected chi connectivity index (χ3v) is 10.7. The summed E-state index contributed by atoms with van der Waals surface area (Å²) in [5.41, 5.74) is 4.04. The molecule has 0 radical (unpaired) electrons. The summed E-state index contributed by atoms with van der Waals surface area (Å²) in [6.45, 7) is 0. The molecule has 0 N–H and O–H groups in total. The van der Waals surface area contributed by atoms with E-state index in [1.807, 2.05) is 60.7 Å². The highest BCUT2D eigenvalue weighted by Gasteiger charge is 2.34. The van der Waals surface area contributed by atoms with Gasteiger partial charge in [0.05, 0.1) is 11.1 Å². The summed E-state index contributed by atoms with van der Waals surface area (Å²) >= 11 is 3.11. The van der Waals surface area contributed by atoms with Gasteiger partial charge < -0.3 is 0 Å². The first-order valence-corrected chi connectivity index (χ1v) is 15.0. The molecule has 7 aromatic rings. The van der Waals surface area contributed by atoms with Crippen LogP contribution in [0.2, 0.25) is 0 Å². The Labute approximate surface area is 244 Å². The molecule has 0 atom stereocenters. The van der Waals surface area contributed by atoms with Gasteiger partial charge in [-0.15, -0.1) is 22.7 Å². The summed E-state index contributed by atoms with van der Waals surface area (Å²) in [4.78, 5) is 1.78. The van der Waals surface area contributed by atoms with Crippen LogP contribution in [0.1, 0.15) is 22.3 Å². The van der Waals surface area contributed by atoms with Gasteiger partial charge >= 0.3 is 0 Å². The lowest BCUT2D eigenvalue weighted by Gasteiger charge is -2.09. The minimum absolute atomic E-state index is 0.0695. The molecule has 6 heteroatoms. The van der Waals surface area contributed by atoms with E-state index in [9.17, 15) is 0 Å². The minimum Gasteiger partial charge on any atom is -0.206 e. The number of rotatable bonds is 2.